The molecule has 1 heterocycles. The Bertz CT molecular complexity index is 225. The van der Waals surface area contributed by atoms with E-state index in [9.17, 15) is 4.79 Å². The Morgan fingerprint density at radius 3 is 3.00 bits per heavy atom. The Kier molecular flexibility index (Phi) is 1.68. The van der Waals surface area contributed by atoms with Gasteiger partial charge in [0.05, 0.1) is 6.34 Å². The van der Waals surface area contributed by atoms with Crippen molar-refractivity contribution in [2.24, 2.45) is 4.99 Å². The third-order valence-corrected chi connectivity index (χ3v) is 0.988. The first-order valence-electron chi connectivity index (χ1n) is 2.24. The van der Waals surface area contributed by atoms with Gasteiger partial charge in [0.25, 0.3) is 0 Å². The molecule has 1 aliphatic rings. The second kappa shape index (κ2) is 2.49. The summed E-state index contributed by atoms with van der Waals surface area (Å²) in [7, 11) is 0. The number of hydrogen-bond donors (Lipinski definition) is 1. The highest BCUT2D eigenvalue weighted by Crippen LogP contribution is 2.06. The minimum atomic E-state index is 0.284. The van der Waals surface area contributed by atoms with Crippen molar-refractivity contribution in [3.63, 3.8) is 0 Å². The first kappa shape index (κ1) is 6.08. The van der Waals surface area contributed by atoms with Crippen LogP contribution in [0.4, 0.5) is 0 Å². The van der Waals surface area contributed by atoms with E-state index in [-0.39, 0.29) is 5.16 Å². The van der Waals surface area contributed by atoms with Crippen LogP contribution in [0.2, 0.25) is 0 Å². The van der Waals surface area contributed by atoms with Crippen LogP contribution in [-0.4, -0.2) is 12.3 Å². The van der Waals surface area contributed by atoms with Crippen LogP contribution in [0.25, 0.3) is 0 Å². The van der Waals surface area contributed by atoms with Crippen molar-refractivity contribution in [3.8, 4) is 0 Å². The maximum Gasteiger partial charge on any atom is 0.150 e. The van der Waals surface area contributed by atoms with E-state index >= 15 is 0 Å². The van der Waals surface area contributed by atoms with E-state index in [0.29, 0.717) is 5.70 Å². The average molecular weight is 143 g/mol. The minimum absolute atomic E-state index is 0.284. The molecule has 46 valence electrons. The van der Waals surface area contributed by atoms with Gasteiger partial charge in [0.2, 0.25) is 0 Å². The first-order valence-corrected chi connectivity index (χ1v) is 2.62. The fraction of sp³-hybridized carbons (Fsp3) is 0. The zero-order valence-electron chi connectivity index (χ0n) is 4.39. The number of allylic oxidation sites excluding steroid dienone is 1. The van der Waals surface area contributed by atoms with Gasteiger partial charge in [-0.05, 0) is 0 Å². The zero-order valence-corrected chi connectivity index (χ0v) is 5.14. The maximum atomic E-state index is 9.92. The number of hydrogen-bond acceptors (Lipinski definition) is 3. The average Bonchev–Trinajstić information content (AvgIpc) is 1.88. The lowest BCUT2D eigenvalue weighted by Gasteiger charge is -2.00. The molecule has 0 radical (unpaired) electrons. The summed E-state index contributed by atoms with van der Waals surface area (Å²) in [5.41, 5.74) is 0.301. The molecule has 0 aliphatic carbocycles. The topological polar surface area (TPSA) is 41.5 Å². The van der Waals surface area contributed by atoms with Crippen molar-refractivity contribution in [3.05, 3.63) is 16.9 Å². The molecule has 0 saturated heterocycles. The second-order valence-corrected chi connectivity index (χ2v) is 1.77. The Hall–Kier alpha value is -1.05. The molecule has 9 heavy (non-hydrogen) atoms. The predicted octanol–water partition coefficient (Wildman–Crippen LogP) is 0.414. The number of carbonyl (C=O) groups excluding carboxylic acids is 1. The van der Waals surface area contributed by atoms with E-state index in [0.717, 1.165) is 0 Å². The van der Waals surface area contributed by atoms with E-state index in [1.54, 1.807) is 5.94 Å². The van der Waals surface area contributed by atoms with Crippen molar-refractivity contribution in [1.29, 1.82) is 0 Å². The molecular formula is C5H3ClN2O. The molecule has 3 nitrogen and oxygen atoms in total. The summed E-state index contributed by atoms with van der Waals surface area (Å²) in [6.07, 6.45) is 2.73. The van der Waals surface area contributed by atoms with E-state index in [1.165, 1.54) is 12.4 Å². The Morgan fingerprint density at radius 2 is 2.56 bits per heavy atom. The van der Waals surface area contributed by atoms with Crippen LogP contribution >= 0.6 is 11.6 Å². The van der Waals surface area contributed by atoms with Gasteiger partial charge in [0.15, 0.2) is 5.94 Å². The fourth-order valence-electron chi connectivity index (χ4n) is 0.420. The van der Waals surface area contributed by atoms with Crippen molar-refractivity contribution in [2.75, 3.05) is 0 Å². The fourth-order valence-corrected chi connectivity index (χ4v) is 0.578. The highest BCUT2D eigenvalue weighted by molar-refractivity contribution is 6.30. The number of aliphatic imine (C=N–C) groups is 1. The molecule has 1 rings (SSSR count). The maximum absolute atomic E-state index is 9.92. The van der Waals surface area contributed by atoms with Gasteiger partial charge in [-0.2, -0.15) is 0 Å². The van der Waals surface area contributed by atoms with Gasteiger partial charge in [-0.25, -0.2) is 9.79 Å². The molecule has 1 aliphatic heterocycles. The van der Waals surface area contributed by atoms with Crippen molar-refractivity contribution in [2.45, 2.75) is 0 Å². The molecule has 0 bridgehead atoms. The number of nitrogens with zero attached hydrogens (tertiary/aromatic N) is 1. The van der Waals surface area contributed by atoms with E-state index in [4.69, 9.17) is 11.6 Å². The minimum Gasteiger partial charge on any atom is -0.337 e. The van der Waals surface area contributed by atoms with Gasteiger partial charge < -0.3 is 5.32 Å². The van der Waals surface area contributed by atoms with Gasteiger partial charge in [-0.15, -0.1) is 0 Å². The molecule has 0 atom stereocenters. The summed E-state index contributed by atoms with van der Waals surface area (Å²) in [6.45, 7) is 0. The third kappa shape index (κ3) is 1.42. The summed E-state index contributed by atoms with van der Waals surface area (Å²) < 4.78 is 0. The Morgan fingerprint density at radius 1 is 1.78 bits per heavy atom. The Balaban J connectivity index is 2.90. The molecule has 0 aromatic heterocycles. The number of nitrogens with one attached hydrogen (secondary N) is 1. The van der Waals surface area contributed by atoms with Crippen LogP contribution in [-0.2, 0) is 4.79 Å². The van der Waals surface area contributed by atoms with Gasteiger partial charge in [0, 0.05) is 6.08 Å². The van der Waals surface area contributed by atoms with Crippen LogP contribution < -0.4 is 5.32 Å². The molecular weight excluding hydrogens is 140 g/mol. The first-order chi connectivity index (χ1) is 4.33. The largest absolute Gasteiger partial charge is 0.337 e. The monoisotopic (exact) mass is 142 g/mol. The molecule has 4 heteroatoms. The summed E-state index contributed by atoms with van der Waals surface area (Å²) in [5, 5.41) is 2.82. The van der Waals surface area contributed by atoms with Crippen molar-refractivity contribution >= 4 is 23.9 Å². The van der Waals surface area contributed by atoms with Crippen molar-refractivity contribution < 1.29 is 4.79 Å². The molecule has 0 spiro atoms. The molecule has 0 aromatic carbocycles. The van der Waals surface area contributed by atoms with Gasteiger partial charge >= 0.3 is 0 Å². The summed E-state index contributed by atoms with van der Waals surface area (Å²) >= 11 is 5.41. The molecule has 0 saturated carbocycles. The second-order valence-electron chi connectivity index (χ2n) is 1.39. The van der Waals surface area contributed by atoms with E-state index in [1.807, 2.05) is 0 Å². The number of rotatable bonds is 0. The lowest BCUT2D eigenvalue weighted by molar-refractivity contribution is 0.567. The highest BCUT2D eigenvalue weighted by Gasteiger charge is 1.97. The smallest absolute Gasteiger partial charge is 0.150 e. The lowest BCUT2D eigenvalue weighted by atomic mass is 10.4. The normalized spacial score (nSPS) is 16.1. The summed E-state index contributed by atoms with van der Waals surface area (Å²) in [6, 6.07) is 0. The molecule has 0 aromatic rings. The number of halogens is 1. The van der Waals surface area contributed by atoms with E-state index < -0.39 is 0 Å². The van der Waals surface area contributed by atoms with Gasteiger partial charge in [-0.3, -0.25) is 0 Å². The van der Waals surface area contributed by atoms with E-state index in [2.05, 4.69) is 10.3 Å². The van der Waals surface area contributed by atoms with Crippen LogP contribution in [0.5, 0.6) is 0 Å². The molecule has 1 N–H and O–H groups in total. The molecule has 0 fully saturated rings. The van der Waals surface area contributed by atoms with Gasteiger partial charge in [-0.1, -0.05) is 11.6 Å². The Labute approximate surface area is 56.7 Å². The zero-order chi connectivity index (χ0) is 6.69. The van der Waals surface area contributed by atoms with Crippen molar-refractivity contribution in [1.82, 2.24) is 5.32 Å². The van der Waals surface area contributed by atoms with Crippen LogP contribution in [0.3, 0.4) is 0 Å². The third-order valence-electron chi connectivity index (χ3n) is 0.781. The van der Waals surface area contributed by atoms with Crippen LogP contribution in [0, 0.1) is 0 Å². The predicted molar refractivity (Wildman–Crippen MR) is 34.8 cm³/mol. The SMILES string of the molecule is O=C=C1C=C(Cl)N=CN1. The molecule has 0 amide bonds. The quantitative estimate of drug-likeness (QED) is 0.393. The lowest BCUT2D eigenvalue weighted by Crippen LogP contribution is -2.12. The van der Waals surface area contributed by atoms with Crippen LogP contribution in [0.1, 0.15) is 0 Å². The summed E-state index contributed by atoms with van der Waals surface area (Å²) in [4.78, 5) is 13.5. The van der Waals surface area contributed by atoms with Crippen LogP contribution in [0.15, 0.2) is 21.9 Å². The van der Waals surface area contributed by atoms with Gasteiger partial charge in [0.1, 0.15) is 10.9 Å². The standard InChI is InChI=1S/C5H3ClN2O/c6-5-1-4(2-9)7-3-8-5/h1,3H,(H,7,8). The molecule has 0 unspecified atom stereocenters. The highest BCUT2D eigenvalue weighted by atomic mass is 35.5. The summed E-state index contributed by atoms with van der Waals surface area (Å²) in [5.74, 6) is 1.64.